The van der Waals surface area contributed by atoms with E-state index in [1.807, 2.05) is 76.5 Å². The quantitative estimate of drug-likeness (QED) is 0.109. The second-order valence-electron chi connectivity index (χ2n) is 7.22. The predicted octanol–water partition coefficient (Wildman–Crippen LogP) is 4.89. The normalized spacial score (nSPS) is 11.1. The SMILES string of the molecule is CCOc1ccc(-n2c(SCC(=O)N/N=C/c3cc(I)cc(I)c3O)nnc2-c2cccnc2)cc1. The van der Waals surface area contributed by atoms with Gasteiger partial charge in [0.05, 0.1) is 22.1 Å². The number of hydrogen-bond donors (Lipinski definition) is 2. The van der Waals surface area contributed by atoms with Gasteiger partial charge in [0.2, 0.25) is 0 Å². The van der Waals surface area contributed by atoms with E-state index in [9.17, 15) is 9.90 Å². The summed E-state index contributed by atoms with van der Waals surface area (Å²) >= 11 is 5.44. The van der Waals surface area contributed by atoms with Crippen LogP contribution in [-0.4, -0.2) is 49.3 Å². The topological polar surface area (TPSA) is 115 Å². The Morgan fingerprint density at radius 1 is 1.22 bits per heavy atom. The number of pyridine rings is 1. The molecule has 36 heavy (non-hydrogen) atoms. The van der Waals surface area contributed by atoms with Crippen molar-refractivity contribution in [2.75, 3.05) is 12.4 Å². The van der Waals surface area contributed by atoms with Gasteiger partial charge in [-0.15, -0.1) is 10.2 Å². The first-order valence-corrected chi connectivity index (χ1v) is 13.8. The number of rotatable bonds is 9. The number of hydrazone groups is 1. The van der Waals surface area contributed by atoms with Gasteiger partial charge in [-0.3, -0.25) is 14.3 Å². The van der Waals surface area contributed by atoms with Gasteiger partial charge in [0, 0.05) is 32.8 Å². The summed E-state index contributed by atoms with van der Waals surface area (Å²) in [6, 6.07) is 14.9. The van der Waals surface area contributed by atoms with Gasteiger partial charge in [-0.1, -0.05) is 11.8 Å². The molecular weight excluding hydrogens is 706 g/mol. The molecule has 0 aliphatic rings. The van der Waals surface area contributed by atoms with Crippen LogP contribution in [0.1, 0.15) is 12.5 Å². The molecule has 0 radical (unpaired) electrons. The number of aromatic hydroxyl groups is 1. The molecule has 0 aliphatic carbocycles. The largest absolute Gasteiger partial charge is 0.506 e. The van der Waals surface area contributed by atoms with Crippen molar-refractivity contribution in [3.05, 3.63) is 73.6 Å². The van der Waals surface area contributed by atoms with E-state index >= 15 is 0 Å². The third-order valence-corrected chi connectivity index (χ3v) is 7.12. The van der Waals surface area contributed by atoms with E-state index in [-0.39, 0.29) is 17.4 Å². The Bertz CT molecular complexity index is 1380. The van der Waals surface area contributed by atoms with Crippen LogP contribution in [0.25, 0.3) is 17.1 Å². The van der Waals surface area contributed by atoms with Crippen LogP contribution in [0.3, 0.4) is 0 Å². The van der Waals surface area contributed by atoms with Crippen LogP contribution in [0.4, 0.5) is 0 Å². The van der Waals surface area contributed by atoms with Crippen LogP contribution in [0.2, 0.25) is 0 Å². The molecular formula is C24H20I2N6O3S. The van der Waals surface area contributed by atoms with E-state index in [1.54, 1.807) is 18.5 Å². The summed E-state index contributed by atoms with van der Waals surface area (Å²) in [4.78, 5) is 16.7. The number of aromatic nitrogens is 4. The van der Waals surface area contributed by atoms with Gasteiger partial charge in [-0.2, -0.15) is 5.10 Å². The Kier molecular flexibility index (Phi) is 9.14. The molecule has 4 aromatic rings. The Morgan fingerprint density at radius 2 is 2.03 bits per heavy atom. The number of nitrogens with one attached hydrogen (secondary N) is 1. The van der Waals surface area contributed by atoms with E-state index < -0.39 is 0 Å². The molecule has 1 amide bonds. The van der Waals surface area contributed by atoms with Gasteiger partial charge in [0.15, 0.2) is 11.0 Å². The van der Waals surface area contributed by atoms with E-state index in [0.717, 1.165) is 20.6 Å². The average Bonchev–Trinajstić information content (AvgIpc) is 3.31. The fraction of sp³-hybridized carbons (Fsp3) is 0.125. The molecule has 2 heterocycles. The zero-order valence-corrected chi connectivity index (χ0v) is 24.1. The highest BCUT2D eigenvalue weighted by Crippen LogP contribution is 2.29. The molecule has 184 valence electrons. The number of carbonyl (C=O) groups is 1. The third-order valence-electron chi connectivity index (χ3n) is 4.74. The Hall–Kier alpha value is -2.72. The fourth-order valence-corrected chi connectivity index (χ4v) is 5.79. The molecule has 12 heteroatoms. The number of phenolic OH excluding ortho intramolecular Hbond substituents is 1. The predicted molar refractivity (Wildman–Crippen MR) is 156 cm³/mol. The second-order valence-corrected chi connectivity index (χ2v) is 10.6. The van der Waals surface area contributed by atoms with E-state index in [4.69, 9.17) is 4.74 Å². The molecule has 4 rings (SSSR count). The number of carbonyl (C=O) groups excluding carboxylic acids is 1. The van der Waals surface area contributed by atoms with Crippen LogP contribution in [-0.2, 0) is 4.79 Å². The van der Waals surface area contributed by atoms with Crippen LogP contribution in [0.15, 0.2) is 71.2 Å². The maximum atomic E-state index is 12.5. The highest BCUT2D eigenvalue weighted by atomic mass is 127. The van der Waals surface area contributed by atoms with Crippen molar-refractivity contribution in [3.8, 4) is 28.6 Å². The second kappa shape index (κ2) is 12.5. The summed E-state index contributed by atoms with van der Waals surface area (Å²) in [6.07, 6.45) is 4.83. The minimum Gasteiger partial charge on any atom is -0.506 e. The lowest BCUT2D eigenvalue weighted by Gasteiger charge is -2.11. The van der Waals surface area contributed by atoms with Gasteiger partial charge in [-0.25, -0.2) is 5.43 Å². The molecule has 0 saturated carbocycles. The van der Waals surface area contributed by atoms with Crippen molar-refractivity contribution in [3.63, 3.8) is 0 Å². The Labute approximate surface area is 239 Å². The van der Waals surface area contributed by atoms with Crippen LogP contribution in [0.5, 0.6) is 11.5 Å². The number of thioether (sulfide) groups is 1. The lowest BCUT2D eigenvalue weighted by atomic mass is 10.2. The summed E-state index contributed by atoms with van der Waals surface area (Å²) in [5.74, 6) is 1.24. The smallest absolute Gasteiger partial charge is 0.250 e. The number of halogens is 2. The minimum absolute atomic E-state index is 0.0649. The van der Waals surface area contributed by atoms with Gasteiger partial charge < -0.3 is 9.84 Å². The van der Waals surface area contributed by atoms with Crippen LogP contribution in [0, 0.1) is 7.14 Å². The number of benzene rings is 2. The first-order chi connectivity index (χ1) is 17.5. The average molecular weight is 726 g/mol. The van der Waals surface area contributed by atoms with Crippen molar-refractivity contribution in [2.45, 2.75) is 12.1 Å². The molecule has 9 nitrogen and oxygen atoms in total. The molecule has 0 saturated heterocycles. The first kappa shape index (κ1) is 26.3. The summed E-state index contributed by atoms with van der Waals surface area (Å²) < 4.78 is 9.09. The molecule has 0 fully saturated rings. The van der Waals surface area contributed by atoms with Gasteiger partial charge in [0.25, 0.3) is 5.91 Å². The zero-order valence-electron chi connectivity index (χ0n) is 18.9. The lowest BCUT2D eigenvalue weighted by molar-refractivity contribution is -0.118. The molecule has 2 aromatic heterocycles. The number of phenols is 1. The van der Waals surface area contributed by atoms with Crippen molar-refractivity contribution < 1.29 is 14.6 Å². The molecule has 0 aliphatic heterocycles. The van der Waals surface area contributed by atoms with Gasteiger partial charge in [-0.05, 0) is 101 Å². The van der Waals surface area contributed by atoms with E-state index in [2.05, 4.69) is 48.3 Å². The summed E-state index contributed by atoms with van der Waals surface area (Å²) in [6.45, 7) is 2.51. The van der Waals surface area contributed by atoms with Crippen molar-refractivity contribution in [1.82, 2.24) is 25.2 Å². The molecule has 0 bridgehead atoms. The molecule has 2 aromatic carbocycles. The molecule has 2 N–H and O–H groups in total. The van der Waals surface area contributed by atoms with Crippen molar-refractivity contribution in [2.24, 2.45) is 5.10 Å². The van der Waals surface area contributed by atoms with Crippen molar-refractivity contribution >= 4 is 69.1 Å². The number of hydrogen-bond acceptors (Lipinski definition) is 8. The Balaban J connectivity index is 1.51. The number of nitrogens with zero attached hydrogens (tertiary/aromatic N) is 5. The summed E-state index contributed by atoms with van der Waals surface area (Å²) in [7, 11) is 0. The highest BCUT2D eigenvalue weighted by molar-refractivity contribution is 14.1. The molecule has 0 unspecified atom stereocenters. The van der Waals surface area contributed by atoms with Crippen LogP contribution < -0.4 is 10.2 Å². The lowest BCUT2D eigenvalue weighted by Crippen LogP contribution is -2.20. The maximum absolute atomic E-state index is 12.5. The standard InChI is InChI=1S/C24H20I2N6O3S/c1-2-35-19-7-5-18(6-8-19)32-23(15-4-3-9-27-12-15)30-31-24(32)36-14-21(33)29-28-13-16-10-17(25)11-20(26)22(16)34/h3-13,34H,2,14H2,1H3,(H,29,33)/b28-13+. The highest BCUT2D eigenvalue weighted by Gasteiger charge is 2.17. The maximum Gasteiger partial charge on any atom is 0.250 e. The van der Waals surface area contributed by atoms with E-state index in [1.165, 1.54) is 18.0 Å². The van der Waals surface area contributed by atoms with Gasteiger partial charge in [0.1, 0.15) is 11.5 Å². The number of amides is 1. The molecule has 0 spiro atoms. The third kappa shape index (κ3) is 6.53. The number of ether oxygens (including phenoxy) is 1. The fourth-order valence-electron chi connectivity index (χ4n) is 3.16. The zero-order chi connectivity index (χ0) is 25.5. The van der Waals surface area contributed by atoms with Gasteiger partial charge >= 0.3 is 0 Å². The monoisotopic (exact) mass is 726 g/mol. The molecule has 0 atom stereocenters. The van der Waals surface area contributed by atoms with E-state index in [0.29, 0.717) is 26.7 Å². The summed E-state index contributed by atoms with van der Waals surface area (Å²) in [5, 5.41) is 23.4. The first-order valence-electron chi connectivity index (χ1n) is 10.7. The van der Waals surface area contributed by atoms with Crippen LogP contribution >= 0.6 is 56.9 Å². The minimum atomic E-state index is -0.319. The Morgan fingerprint density at radius 3 is 2.75 bits per heavy atom. The van der Waals surface area contributed by atoms with Crippen molar-refractivity contribution in [1.29, 1.82) is 0 Å². The summed E-state index contributed by atoms with van der Waals surface area (Å²) in [5.41, 5.74) is 4.64.